The average Bonchev–Trinajstić information content (AvgIpc) is 2.40. The first-order valence-electron chi connectivity index (χ1n) is 5.30. The van der Waals surface area contributed by atoms with Crippen molar-refractivity contribution in [1.82, 2.24) is 15.0 Å². The van der Waals surface area contributed by atoms with Gasteiger partial charge in [-0.25, -0.2) is 9.97 Å². The molecule has 4 heteroatoms. The summed E-state index contributed by atoms with van der Waals surface area (Å²) in [6.07, 6.45) is 6.79. The van der Waals surface area contributed by atoms with E-state index in [4.69, 9.17) is 0 Å². The van der Waals surface area contributed by atoms with Crippen LogP contribution in [0.15, 0.2) is 55.1 Å². The minimum absolute atomic E-state index is 0.690. The van der Waals surface area contributed by atoms with E-state index in [1.54, 1.807) is 18.6 Å². The highest BCUT2D eigenvalue weighted by Gasteiger charge is 1.98. The van der Waals surface area contributed by atoms with E-state index in [0.717, 1.165) is 16.6 Å². The van der Waals surface area contributed by atoms with Gasteiger partial charge in [0.15, 0.2) is 0 Å². The van der Waals surface area contributed by atoms with E-state index in [1.165, 1.54) is 0 Å². The fourth-order valence-electron chi connectivity index (χ4n) is 1.65. The van der Waals surface area contributed by atoms with Gasteiger partial charge in [-0.15, -0.1) is 0 Å². The molecule has 2 aromatic heterocycles. The topological polar surface area (TPSA) is 50.7 Å². The molecule has 0 atom stereocenters. The molecule has 0 saturated carbocycles. The number of fused-ring (bicyclic) bond motifs is 1. The van der Waals surface area contributed by atoms with Crippen LogP contribution in [0.25, 0.3) is 10.8 Å². The van der Waals surface area contributed by atoms with Crippen molar-refractivity contribution in [3.05, 3.63) is 55.1 Å². The Hall–Kier alpha value is -2.49. The summed E-state index contributed by atoms with van der Waals surface area (Å²) in [5, 5.41) is 5.38. The van der Waals surface area contributed by atoms with E-state index >= 15 is 0 Å². The molecule has 0 aliphatic carbocycles. The molecule has 1 aromatic carbocycles. The molecule has 0 fully saturated rings. The lowest BCUT2D eigenvalue weighted by molar-refractivity contribution is 1.18. The molecule has 3 aromatic rings. The standard InChI is InChI=1S/C13H10N4/c1-2-4-11-8-16-12(7-10(11)3-1)17-13-9-14-5-6-15-13/h1-9H,(H,15,16,17). The minimum atomic E-state index is 0.690. The van der Waals surface area contributed by atoms with E-state index in [-0.39, 0.29) is 0 Å². The number of nitrogens with one attached hydrogen (secondary N) is 1. The second kappa shape index (κ2) is 4.17. The maximum absolute atomic E-state index is 4.32. The van der Waals surface area contributed by atoms with Crippen molar-refractivity contribution in [2.45, 2.75) is 0 Å². The highest BCUT2D eigenvalue weighted by molar-refractivity contribution is 5.84. The van der Waals surface area contributed by atoms with Gasteiger partial charge < -0.3 is 5.32 Å². The lowest BCUT2D eigenvalue weighted by Gasteiger charge is -2.04. The third-order valence-corrected chi connectivity index (χ3v) is 2.45. The second-order valence-electron chi connectivity index (χ2n) is 3.63. The average molecular weight is 222 g/mol. The molecule has 2 heterocycles. The van der Waals surface area contributed by atoms with Crippen molar-refractivity contribution >= 4 is 22.4 Å². The van der Waals surface area contributed by atoms with Crippen LogP contribution < -0.4 is 5.32 Å². The van der Waals surface area contributed by atoms with Gasteiger partial charge in [0.05, 0.1) is 6.20 Å². The molecule has 0 amide bonds. The van der Waals surface area contributed by atoms with Crippen LogP contribution in [0.5, 0.6) is 0 Å². The van der Waals surface area contributed by atoms with Gasteiger partial charge in [0.1, 0.15) is 11.6 Å². The molecular weight excluding hydrogens is 212 g/mol. The van der Waals surface area contributed by atoms with Crippen LogP contribution >= 0.6 is 0 Å². The Morgan fingerprint density at radius 1 is 0.824 bits per heavy atom. The third kappa shape index (κ3) is 2.06. The molecule has 0 radical (unpaired) electrons. The number of pyridine rings is 1. The maximum Gasteiger partial charge on any atom is 0.150 e. The molecule has 0 saturated heterocycles. The largest absolute Gasteiger partial charge is 0.324 e. The molecule has 1 N–H and O–H groups in total. The van der Waals surface area contributed by atoms with Gasteiger partial charge in [-0.1, -0.05) is 24.3 Å². The SMILES string of the molecule is c1ccc2cc(Nc3cnccn3)ncc2c1. The second-order valence-corrected chi connectivity index (χ2v) is 3.63. The molecular formula is C13H10N4. The number of hydrogen-bond donors (Lipinski definition) is 1. The van der Waals surface area contributed by atoms with E-state index in [2.05, 4.69) is 26.3 Å². The Morgan fingerprint density at radius 2 is 1.71 bits per heavy atom. The Morgan fingerprint density at radius 3 is 2.53 bits per heavy atom. The Balaban J connectivity index is 1.96. The summed E-state index contributed by atoms with van der Waals surface area (Å²) >= 11 is 0. The molecule has 3 rings (SSSR count). The summed E-state index contributed by atoms with van der Waals surface area (Å²) in [6, 6.07) is 10.1. The highest BCUT2D eigenvalue weighted by Crippen LogP contribution is 2.17. The summed E-state index contributed by atoms with van der Waals surface area (Å²) in [5.74, 6) is 1.46. The summed E-state index contributed by atoms with van der Waals surface area (Å²) in [6.45, 7) is 0. The first-order valence-corrected chi connectivity index (χ1v) is 5.30. The molecule has 17 heavy (non-hydrogen) atoms. The quantitative estimate of drug-likeness (QED) is 0.724. The van der Waals surface area contributed by atoms with Crippen LogP contribution in [0.3, 0.4) is 0 Å². The zero-order valence-corrected chi connectivity index (χ0v) is 9.04. The van der Waals surface area contributed by atoms with Gasteiger partial charge in [-0.2, -0.15) is 0 Å². The first kappa shape index (κ1) is 9.72. The van der Waals surface area contributed by atoms with E-state index in [9.17, 15) is 0 Å². The van der Waals surface area contributed by atoms with E-state index in [1.807, 2.05) is 30.5 Å². The number of hydrogen-bond acceptors (Lipinski definition) is 4. The first-order chi connectivity index (χ1) is 8.42. The number of benzene rings is 1. The number of rotatable bonds is 2. The third-order valence-electron chi connectivity index (χ3n) is 2.45. The highest BCUT2D eigenvalue weighted by atomic mass is 15.1. The zero-order valence-electron chi connectivity index (χ0n) is 9.04. The Bertz CT molecular complexity index is 637. The lowest BCUT2D eigenvalue weighted by atomic mass is 10.2. The fraction of sp³-hybridized carbons (Fsp3) is 0. The van der Waals surface area contributed by atoms with E-state index < -0.39 is 0 Å². The van der Waals surface area contributed by atoms with Gasteiger partial charge in [0.25, 0.3) is 0 Å². The predicted molar refractivity (Wildman–Crippen MR) is 67.1 cm³/mol. The van der Waals surface area contributed by atoms with Crippen molar-refractivity contribution in [2.75, 3.05) is 5.32 Å². The van der Waals surface area contributed by atoms with Crippen LogP contribution in [-0.4, -0.2) is 15.0 Å². The molecule has 0 aliphatic rings. The van der Waals surface area contributed by atoms with E-state index in [0.29, 0.717) is 5.82 Å². The van der Waals surface area contributed by atoms with Crippen molar-refractivity contribution < 1.29 is 0 Å². The summed E-state index contributed by atoms with van der Waals surface area (Å²) in [4.78, 5) is 12.5. The van der Waals surface area contributed by atoms with Gasteiger partial charge >= 0.3 is 0 Å². The van der Waals surface area contributed by atoms with Gasteiger partial charge in [-0.3, -0.25) is 4.98 Å². The number of anilines is 2. The van der Waals surface area contributed by atoms with Crippen LogP contribution in [0.2, 0.25) is 0 Å². The molecule has 0 unspecified atom stereocenters. The van der Waals surface area contributed by atoms with Crippen molar-refractivity contribution in [1.29, 1.82) is 0 Å². The predicted octanol–water partition coefficient (Wildman–Crippen LogP) is 2.77. The van der Waals surface area contributed by atoms with Crippen LogP contribution in [0, 0.1) is 0 Å². The molecule has 4 nitrogen and oxygen atoms in total. The van der Waals surface area contributed by atoms with Crippen LogP contribution in [-0.2, 0) is 0 Å². The molecule has 82 valence electrons. The normalized spacial score (nSPS) is 10.4. The Kier molecular flexibility index (Phi) is 2.38. The summed E-state index contributed by atoms with van der Waals surface area (Å²) < 4.78 is 0. The molecule has 0 aliphatic heterocycles. The zero-order chi connectivity index (χ0) is 11.5. The lowest BCUT2D eigenvalue weighted by Crippen LogP contribution is -1.95. The van der Waals surface area contributed by atoms with Crippen molar-refractivity contribution in [3.8, 4) is 0 Å². The van der Waals surface area contributed by atoms with Crippen LogP contribution in [0.1, 0.15) is 0 Å². The molecule has 0 bridgehead atoms. The van der Waals surface area contributed by atoms with Gasteiger partial charge in [-0.05, 0) is 11.5 Å². The fourth-order valence-corrected chi connectivity index (χ4v) is 1.65. The minimum Gasteiger partial charge on any atom is -0.324 e. The molecule has 0 spiro atoms. The maximum atomic E-state index is 4.32. The summed E-state index contributed by atoms with van der Waals surface area (Å²) in [5.41, 5.74) is 0. The number of nitrogens with zero attached hydrogens (tertiary/aromatic N) is 3. The van der Waals surface area contributed by atoms with Crippen molar-refractivity contribution in [2.24, 2.45) is 0 Å². The van der Waals surface area contributed by atoms with Crippen LogP contribution in [0.4, 0.5) is 11.6 Å². The van der Waals surface area contributed by atoms with Gasteiger partial charge in [0, 0.05) is 24.0 Å². The van der Waals surface area contributed by atoms with Crippen molar-refractivity contribution in [3.63, 3.8) is 0 Å². The summed E-state index contributed by atoms with van der Waals surface area (Å²) in [7, 11) is 0. The monoisotopic (exact) mass is 222 g/mol. The Labute approximate surface area is 98.4 Å². The number of aromatic nitrogens is 3. The van der Waals surface area contributed by atoms with Gasteiger partial charge in [0.2, 0.25) is 0 Å². The smallest absolute Gasteiger partial charge is 0.150 e.